The summed E-state index contributed by atoms with van der Waals surface area (Å²) in [7, 11) is 0. The Morgan fingerprint density at radius 2 is 2.24 bits per heavy atom. The Hall–Kier alpha value is -1.81. The summed E-state index contributed by atoms with van der Waals surface area (Å²) in [6, 6.07) is 7.58. The zero-order chi connectivity index (χ0) is 18.0. The van der Waals surface area contributed by atoms with Crippen molar-refractivity contribution < 1.29 is 19.0 Å². The maximum absolute atomic E-state index is 13.5. The molecule has 2 heterocycles. The summed E-state index contributed by atoms with van der Waals surface area (Å²) in [5, 5.41) is 9.48. The van der Waals surface area contributed by atoms with E-state index in [0.29, 0.717) is 6.61 Å². The Morgan fingerprint density at radius 1 is 1.44 bits per heavy atom. The fraction of sp³-hybridized carbons (Fsp3) is 0.375. The lowest BCUT2D eigenvalue weighted by Crippen LogP contribution is -2.34. The van der Waals surface area contributed by atoms with E-state index >= 15 is 0 Å². The third-order valence-electron chi connectivity index (χ3n) is 3.95. The molecule has 2 aromatic rings. The molecule has 1 aromatic heterocycles. The van der Waals surface area contributed by atoms with Crippen molar-refractivity contribution >= 4 is 15.9 Å². The molecule has 3 atom stereocenters. The topological polar surface area (TPSA) is 93.6 Å². The quantitative estimate of drug-likeness (QED) is 0.768. The largest absolute Gasteiger partial charge is 0.394 e. The molecule has 1 aromatic carbocycles. The number of ether oxygens (including phenoxy) is 2. The van der Waals surface area contributed by atoms with E-state index in [1.165, 1.54) is 0 Å². The number of halogens is 2. The molecule has 2 N–H and O–H groups in total. The molecule has 0 spiro atoms. The Balaban J connectivity index is 1.73. The monoisotopic (exact) mass is 414 g/mol. The SMILES string of the molecule is O=c1[nH]c(=O)n([C@H]2C[C@H](OCc3cccc(Br)c3)[C@@H](CO)O2)cc1F. The average molecular weight is 415 g/mol. The molecular weight excluding hydrogens is 399 g/mol. The summed E-state index contributed by atoms with van der Waals surface area (Å²) >= 11 is 3.38. The fourth-order valence-corrected chi connectivity index (χ4v) is 3.16. The van der Waals surface area contributed by atoms with Gasteiger partial charge in [-0.05, 0) is 17.7 Å². The van der Waals surface area contributed by atoms with E-state index in [4.69, 9.17) is 9.47 Å². The lowest BCUT2D eigenvalue weighted by Gasteiger charge is -2.16. The first-order chi connectivity index (χ1) is 12.0. The highest BCUT2D eigenvalue weighted by Gasteiger charge is 2.37. The van der Waals surface area contributed by atoms with Crippen molar-refractivity contribution in [1.29, 1.82) is 0 Å². The number of aromatic amines is 1. The zero-order valence-electron chi connectivity index (χ0n) is 13.0. The maximum Gasteiger partial charge on any atom is 0.330 e. The highest BCUT2D eigenvalue weighted by molar-refractivity contribution is 9.10. The van der Waals surface area contributed by atoms with Crippen molar-refractivity contribution in [2.24, 2.45) is 0 Å². The second-order valence-corrected chi connectivity index (χ2v) is 6.59. The first kappa shape index (κ1) is 18.0. The summed E-state index contributed by atoms with van der Waals surface area (Å²) < 4.78 is 26.7. The van der Waals surface area contributed by atoms with Crippen LogP contribution in [-0.2, 0) is 16.1 Å². The molecule has 0 bridgehead atoms. The Morgan fingerprint density at radius 3 is 2.96 bits per heavy atom. The van der Waals surface area contributed by atoms with Crippen LogP contribution in [0.25, 0.3) is 0 Å². The number of benzene rings is 1. The number of nitrogens with zero attached hydrogens (tertiary/aromatic N) is 1. The van der Waals surface area contributed by atoms with Gasteiger partial charge in [0.1, 0.15) is 12.3 Å². The van der Waals surface area contributed by atoms with Gasteiger partial charge in [-0.3, -0.25) is 14.3 Å². The van der Waals surface area contributed by atoms with Crippen molar-refractivity contribution in [3.8, 4) is 0 Å². The predicted octanol–water partition coefficient (Wildman–Crippen LogP) is 1.30. The van der Waals surface area contributed by atoms with E-state index in [2.05, 4.69) is 15.9 Å². The number of aromatic nitrogens is 2. The lowest BCUT2D eigenvalue weighted by molar-refractivity contribution is -0.0659. The Labute approximate surface area is 150 Å². The minimum absolute atomic E-state index is 0.241. The smallest absolute Gasteiger partial charge is 0.330 e. The lowest BCUT2D eigenvalue weighted by atomic mass is 10.1. The molecule has 1 fully saturated rings. The summed E-state index contributed by atoms with van der Waals surface area (Å²) in [5.74, 6) is -1.08. The molecule has 0 amide bonds. The molecule has 1 aliphatic heterocycles. The van der Waals surface area contributed by atoms with E-state index in [1.807, 2.05) is 29.2 Å². The molecule has 0 saturated carbocycles. The third-order valence-corrected chi connectivity index (χ3v) is 4.44. The van der Waals surface area contributed by atoms with E-state index in [-0.39, 0.29) is 13.0 Å². The minimum Gasteiger partial charge on any atom is -0.394 e. The van der Waals surface area contributed by atoms with Crippen LogP contribution in [-0.4, -0.2) is 33.5 Å². The van der Waals surface area contributed by atoms with Gasteiger partial charge < -0.3 is 14.6 Å². The highest BCUT2D eigenvalue weighted by atomic mass is 79.9. The molecule has 0 aliphatic carbocycles. The van der Waals surface area contributed by atoms with Gasteiger partial charge in [-0.1, -0.05) is 28.1 Å². The predicted molar refractivity (Wildman–Crippen MR) is 89.6 cm³/mol. The van der Waals surface area contributed by atoms with Gasteiger partial charge in [0.2, 0.25) is 5.82 Å². The molecule has 1 aliphatic rings. The van der Waals surface area contributed by atoms with E-state index in [0.717, 1.165) is 20.8 Å². The van der Waals surface area contributed by atoms with Crippen LogP contribution in [0.4, 0.5) is 4.39 Å². The second-order valence-electron chi connectivity index (χ2n) is 5.67. The summed E-state index contributed by atoms with van der Waals surface area (Å²) in [6.45, 7) is -0.00813. The molecular formula is C16H16BrFN2O5. The van der Waals surface area contributed by atoms with E-state index < -0.39 is 35.5 Å². The number of rotatable bonds is 5. The normalized spacial score (nSPS) is 23.1. The van der Waals surface area contributed by atoms with Gasteiger partial charge in [0, 0.05) is 10.9 Å². The van der Waals surface area contributed by atoms with Crippen LogP contribution < -0.4 is 11.2 Å². The van der Waals surface area contributed by atoms with Crippen LogP contribution in [0, 0.1) is 5.82 Å². The highest BCUT2D eigenvalue weighted by Crippen LogP contribution is 2.30. The van der Waals surface area contributed by atoms with Gasteiger partial charge in [-0.25, -0.2) is 4.79 Å². The van der Waals surface area contributed by atoms with Gasteiger partial charge >= 0.3 is 5.69 Å². The maximum atomic E-state index is 13.5. The first-order valence-electron chi connectivity index (χ1n) is 7.61. The molecule has 9 heteroatoms. The Kier molecular flexibility index (Phi) is 5.48. The van der Waals surface area contributed by atoms with Crippen molar-refractivity contribution in [2.45, 2.75) is 31.5 Å². The summed E-state index contributed by atoms with van der Waals surface area (Å²) in [6.07, 6.45) is -0.917. The number of nitrogens with one attached hydrogen (secondary N) is 1. The van der Waals surface area contributed by atoms with Crippen molar-refractivity contribution in [3.05, 3.63) is 67.2 Å². The first-order valence-corrected chi connectivity index (χ1v) is 8.40. The van der Waals surface area contributed by atoms with Crippen LogP contribution in [0.1, 0.15) is 18.2 Å². The van der Waals surface area contributed by atoms with Crippen LogP contribution >= 0.6 is 15.9 Å². The van der Waals surface area contributed by atoms with Crippen LogP contribution in [0.15, 0.2) is 44.5 Å². The summed E-state index contributed by atoms with van der Waals surface area (Å²) in [4.78, 5) is 24.9. The number of hydrogen-bond donors (Lipinski definition) is 2. The van der Waals surface area contributed by atoms with Crippen molar-refractivity contribution in [2.75, 3.05) is 6.61 Å². The zero-order valence-corrected chi connectivity index (χ0v) is 14.6. The average Bonchev–Trinajstić information content (AvgIpc) is 2.99. The minimum atomic E-state index is -1.08. The van der Waals surface area contributed by atoms with Crippen LogP contribution in [0.2, 0.25) is 0 Å². The standard InChI is InChI=1S/C16H16BrFN2O5/c17-10-3-1-2-9(4-10)8-24-12-5-14(25-13(12)7-21)20-6-11(18)15(22)19-16(20)23/h1-4,6,12-14,21H,5,7-8H2,(H,19,22,23)/t12-,13+,14+/m0/s1. The van der Waals surface area contributed by atoms with Crippen LogP contribution in [0.3, 0.4) is 0 Å². The van der Waals surface area contributed by atoms with Gasteiger partial charge in [0.15, 0.2) is 0 Å². The van der Waals surface area contributed by atoms with Gasteiger partial charge in [-0.15, -0.1) is 0 Å². The van der Waals surface area contributed by atoms with Gasteiger partial charge in [-0.2, -0.15) is 4.39 Å². The number of H-pyrrole nitrogens is 1. The Bertz CT molecular complexity index is 868. The number of aliphatic hydroxyl groups is 1. The van der Waals surface area contributed by atoms with Gasteiger partial charge in [0.05, 0.1) is 25.5 Å². The fourth-order valence-electron chi connectivity index (χ4n) is 2.72. The molecule has 25 heavy (non-hydrogen) atoms. The van der Waals surface area contributed by atoms with Crippen LogP contribution in [0.5, 0.6) is 0 Å². The summed E-state index contributed by atoms with van der Waals surface area (Å²) in [5.41, 5.74) is -0.928. The number of aliphatic hydroxyl groups excluding tert-OH is 1. The molecule has 134 valence electrons. The van der Waals surface area contributed by atoms with Crippen molar-refractivity contribution in [1.82, 2.24) is 9.55 Å². The van der Waals surface area contributed by atoms with Crippen molar-refractivity contribution in [3.63, 3.8) is 0 Å². The van der Waals surface area contributed by atoms with E-state index in [9.17, 15) is 19.1 Å². The molecule has 3 rings (SSSR count). The van der Waals surface area contributed by atoms with Gasteiger partial charge in [0.25, 0.3) is 5.56 Å². The molecule has 1 saturated heterocycles. The second kappa shape index (κ2) is 7.61. The molecule has 0 radical (unpaired) electrons. The molecule has 0 unspecified atom stereocenters. The third kappa shape index (κ3) is 4.06. The van der Waals surface area contributed by atoms with E-state index in [1.54, 1.807) is 0 Å². The molecule has 7 nitrogen and oxygen atoms in total. The number of hydrogen-bond acceptors (Lipinski definition) is 5.